The molecule has 1 aliphatic rings. The number of benzene rings is 2. The second-order valence-corrected chi connectivity index (χ2v) is 8.23. The second-order valence-electron chi connectivity index (χ2n) is 8.23. The van der Waals surface area contributed by atoms with Gasteiger partial charge >= 0.3 is 0 Å². The minimum Gasteiger partial charge on any atom is -0.493 e. The third kappa shape index (κ3) is 6.57. The Bertz CT molecular complexity index is 922. The molecule has 7 nitrogen and oxygen atoms in total. The van der Waals surface area contributed by atoms with Gasteiger partial charge in [-0.25, -0.2) is 0 Å². The van der Waals surface area contributed by atoms with Gasteiger partial charge < -0.3 is 20.3 Å². The van der Waals surface area contributed by atoms with Crippen molar-refractivity contribution in [3.05, 3.63) is 60.2 Å². The first kappa shape index (κ1) is 23.3. The van der Waals surface area contributed by atoms with Gasteiger partial charge in [-0.1, -0.05) is 30.3 Å². The molecule has 2 aromatic carbocycles. The number of nitrogens with zero attached hydrogens (tertiary/aromatic N) is 1. The van der Waals surface area contributed by atoms with Crippen LogP contribution in [0.3, 0.4) is 0 Å². The van der Waals surface area contributed by atoms with Gasteiger partial charge in [0.2, 0.25) is 11.8 Å². The summed E-state index contributed by atoms with van der Waals surface area (Å²) < 4.78 is 5.60. The first-order valence-corrected chi connectivity index (χ1v) is 11.1. The zero-order valence-corrected chi connectivity index (χ0v) is 18.7. The maximum absolute atomic E-state index is 12.8. The van der Waals surface area contributed by atoms with E-state index in [2.05, 4.69) is 10.6 Å². The standard InChI is InChI=1S/C25H31N3O4/c1-18(2)26-25(31)21-10-6-7-11-22(21)27-24(30)19-12-15-28(16-13-19)23(29)14-17-32-20-8-4-3-5-9-20/h3-11,18-19H,12-17H2,1-2H3,(H,26,31)(H,27,30). The van der Waals surface area contributed by atoms with E-state index in [0.717, 1.165) is 5.75 Å². The Morgan fingerprint density at radius 1 is 1.00 bits per heavy atom. The van der Waals surface area contributed by atoms with Gasteiger partial charge in [-0.05, 0) is 51.0 Å². The molecule has 0 aromatic heterocycles. The summed E-state index contributed by atoms with van der Waals surface area (Å²) in [7, 11) is 0. The number of amides is 3. The van der Waals surface area contributed by atoms with Crippen molar-refractivity contribution in [3.8, 4) is 5.75 Å². The monoisotopic (exact) mass is 437 g/mol. The number of ether oxygens (including phenoxy) is 1. The third-order valence-electron chi connectivity index (χ3n) is 5.40. The van der Waals surface area contributed by atoms with E-state index in [9.17, 15) is 14.4 Å². The highest BCUT2D eigenvalue weighted by molar-refractivity contribution is 6.04. The van der Waals surface area contributed by atoms with Crippen LogP contribution in [-0.4, -0.2) is 48.4 Å². The molecule has 0 spiro atoms. The lowest BCUT2D eigenvalue weighted by molar-refractivity contribution is -0.135. The van der Waals surface area contributed by atoms with Crippen molar-refractivity contribution in [3.63, 3.8) is 0 Å². The molecular formula is C25H31N3O4. The van der Waals surface area contributed by atoms with E-state index in [1.54, 1.807) is 29.2 Å². The molecule has 3 amide bonds. The van der Waals surface area contributed by atoms with Gasteiger partial charge in [0, 0.05) is 25.0 Å². The number of hydrogen-bond acceptors (Lipinski definition) is 4. The van der Waals surface area contributed by atoms with E-state index < -0.39 is 0 Å². The Labute approximate surface area is 189 Å². The Kier molecular flexibility index (Phi) is 8.25. The molecule has 7 heteroatoms. The van der Waals surface area contributed by atoms with Crippen molar-refractivity contribution in [2.24, 2.45) is 5.92 Å². The minimum absolute atomic E-state index is 0.00575. The summed E-state index contributed by atoms with van der Waals surface area (Å²) in [6.45, 7) is 5.19. The smallest absolute Gasteiger partial charge is 0.253 e. The number of para-hydroxylation sites is 2. The molecule has 0 atom stereocenters. The average Bonchev–Trinajstić information content (AvgIpc) is 2.79. The lowest BCUT2D eigenvalue weighted by Crippen LogP contribution is -2.42. The summed E-state index contributed by atoms with van der Waals surface area (Å²) >= 11 is 0. The maximum Gasteiger partial charge on any atom is 0.253 e. The first-order chi connectivity index (χ1) is 15.4. The van der Waals surface area contributed by atoms with Crippen LogP contribution < -0.4 is 15.4 Å². The topological polar surface area (TPSA) is 87.7 Å². The van der Waals surface area contributed by atoms with Crippen molar-refractivity contribution in [2.45, 2.75) is 39.2 Å². The first-order valence-electron chi connectivity index (χ1n) is 11.1. The number of nitrogens with one attached hydrogen (secondary N) is 2. The van der Waals surface area contributed by atoms with Gasteiger partial charge in [0.05, 0.1) is 24.3 Å². The number of hydrogen-bond donors (Lipinski definition) is 2. The van der Waals surface area contributed by atoms with Crippen molar-refractivity contribution >= 4 is 23.4 Å². The summed E-state index contributed by atoms with van der Waals surface area (Å²) in [6, 6.07) is 16.4. The number of anilines is 1. The van der Waals surface area contributed by atoms with E-state index in [1.807, 2.05) is 44.2 Å². The summed E-state index contributed by atoms with van der Waals surface area (Å²) in [6.07, 6.45) is 1.50. The van der Waals surface area contributed by atoms with Crippen LogP contribution in [0.2, 0.25) is 0 Å². The molecule has 0 saturated carbocycles. The highest BCUT2D eigenvalue weighted by atomic mass is 16.5. The van der Waals surface area contributed by atoms with Crippen LogP contribution in [-0.2, 0) is 9.59 Å². The molecule has 2 N–H and O–H groups in total. The molecule has 1 fully saturated rings. The number of carbonyl (C=O) groups is 3. The Morgan fingerprint density at radius 2 is 1.66 bits per heavy atom. The van der Waals surface area contributed by atoms with Gasteiger partial charge in [0.25, 0.3) is 5.91 Å². The van der Waals surface area contributed by atoms with E-state index in [4.69, 9.17) is 4.74 Å². The number of carbonyl (C=O) groups excluding carboxylic acids is 3. The summed E-state index contributed by atoms with van der Waals surface area (Å²) in [5, 5.41) is 5.76. The van der Waals surface area contributed by atoms with Gasteiger partial charge in [-0.2, -0.15) is 0 Å². The maximum atomic E-state index is 12.8. The van der Waals surface area contributed by atoms with Gasteiger partial charge in [0.15, 0.2) is 0 Å². The zero-order chi connectivity index (χ0) is 22.9. The molecule has 0 unspecified atom stereocenters. The van der Waals surface area contributed by atoms with E-state index in [1.165, 1.54) is 0 Å². The quantitative estimate of drug-likeness (QED) is 0.662. The van der Waals surface area contributed by atoms with Crippen molar-refractivity contribution in [2.75, 3.05) is 25.0 Å². The number of likely N-dealkylation sites (tertiary alicyclic amines) is 1. The van der Waals surface area contributed by atoms with E-state index >= 15 is 0 Å². The predicted molar refractivity (Wildman–Crippen MR) is 124 cm³/mol. The fourth-order valence-electron chi connectivity index (χ4n) is 3.69. The lowest BCUT2D eigenvalue weighted by Gasteiger charge is -2.31. The molecule has 0 aliphatic carbocycles. The van der Waals surface area contributed by atoms with Gasteiger partial charge in [-0.3, -0.25) is 14.4 Å². The third-order valence-corrected chi connectivity index (χ3v) is 5.40. The van der Waals surface area contributed by atoms with E-state index in [0.29, 0.717) is 50.2 Å². The van der Waals surface area contributed by atoms with E-state index in [-0.39, 0.29) is 29.7 Å². The van der Waals surface area contributed by atoms with Crippen LogP contribution in [0.4, 0.5) is 5.69 Å². The number of rotatable bonds is 8. The molecule has 0 radical (unpaired) electrons. The molecule has 1 heterocycles. The van der Waals surface area contributed by atoms with Crippen LogP contribution in [0, 0.1) is 5.92 Å². The minimum atomic E-state index is -0.214. The molecule has 2 aromatic rings. The zero-order valence-electron chi connectivity index (χ0n) is 18.7. The summed E-state index contributed by atoms with van der Waals surface area (Å²) in [5.74, 6) is 0.262. The fraction of sp³-hybridized carbons (Fsp3) is 0.400. The highest BCUT2D eigenvalue weighted by Gasteiger charge is 2.28. The molecule has 1 aliphatic heterocycles. The summed E-state index contributed by atoms with van der Waals surface area (Å²) in [4.78, 5) is 39.5. The second kappa shape index (κ2) is 11.3. The lowest BCUT2D eigenvalue weighted by atomic mass is 9.95. The van der Waals surface area contributed by atoms with Crippen molar-refractivity contribution in [1.82, 2.24) is 10.2 Å². The van der Waals surface area contributed by atoms with Crippen LogP contribution in [0.1, 0.15) is 43.5 Å². The largest absolute Gasteiger partial charge is 0.493 e. The SMILES string of the molecule is CC(C)NC(=O)c1ccccc1NC(=O)C1CCN(C(=O)CCOc2ccccc2)CC1. The van der Waals surface area contributed by atoms with Gasteiger partial charge in [0.1, 0.15) is 5.75 Å². The molecule has 1 saturated heterocycles. The van der Waals surface area contributed by atoms with Crippen molar-refractivity contribution in [1.29, 1.82) is 0 Å². The number of piperidine rings is 1. The van der Waals surface area contributed by atoms with Crippen LogP contribution in [0.5, 0.6) is 5.75 Å². The van der Waals surface area contributed by atoms with Crippen LogP contribution >= 0.6 is 0 Å². The molecule has 170 valence electrons. The van der Waals surface area contributed by atoms with Crippen LogP contribution in [0.15, 0.2) is 54.6 Å². The highest BCUT2D eigenvalue weighted by Crippen LogP contribution is 2.22. The Balaban J connectivity index is 1.46. The molecule has 32 heavy (non-hydrogen) atoms. The predicted octanol–water partition coefficient (Wildman–Crippen LogP) is 3.47. The molecule has 3 rings (SSSR count). The summed E-state index contributed by atoms with van der Waals surface area (Å²) in [5.41, 5.74) is 0.952. The van der Waals surface area contributed by atoms with Crippen LogP contribution in [0.25, 0.3) is 0 Å². The van der Waals surface area contributed by atoms with Gasteiger partial charge in [-0.15, -0.1) is 0 Å². The average molecular weight is 438 g/mol. The molecular weight excluding hydrogens is 406 g/mol. The normalized spacial score (nSPS) is 14.2. The fourth-order valence-corrected chi connectivity index (χ4v) is 3.69. The van der Waals surface area contributed by atoms with Crippen molar-refractivity contribution < 1.29 is 19.1 Å². The Morgan fingerprint density at radius 3 is 2.34 bits per heavy atom. The molecule has 0 bridgehead atoms. The Hall–Kier alpha value is -3.35.